The highest BCUT2D eigenvalue weighted by Crippen LogP contribution is 2.18. The Kier molecular flexibility index (Phi) is 7.13. The minimum Gasteiger partial charge on any atom is -0.379 e. The summed E-state index contributed by atoms with van der Waals surface area (Å²) in [5.41, 5.74) is 5.48. The van der Waals surface area contributed by atoms with E-state index in [0.29, 0.717) is 32.7 Å². The number of carbonyl (C=O) groups is 1. The summed E-state index contributed by atoms with van der Waals surface area (Å²) in [6.45, 7) is 3.58. The van der Waals surface area contributed by atoms with Crippen molar-refractivity contribution in [3.63, 3.8) is 0 Å². The van der Waals surface area contributed by atoms with Crippen LogP contribution in [0, 0.1) is 6.92 Å². The lowest BCUT2D eigenvalue weighted by atomic mass is 10.1. The van der Waals surface area contributed by atoms with Crippen LogP contribution >= 0.6 is 0 Å². The van der Waals surface area contributed by atoms with Crippen LogP contribution in [0.3, 0.4) is 0 Å². The fourth-order valence-corrected chi connectivity index (χ4v) is 4.32. The minimum atomic E-state index is -3.50. The molecule has 154 valence electrons. The topological polar surface area (TPSA) is 88.1 Å². The Morgan fingerprint density at radius 3 is 2.41 bits per heavy atom. The van der Waals surface area contributed by atoms with Gasteiger partial charge in [-0.05, 0) is 36.6 Å². The Morgan fingerprint density at radius 1 is 1.10 bits per heavy atom. The monoisotopic (exact) mass is 415 g/mol. The number of sulfonamides is 1. The van der Waals surface area contributed by atoms with Crippen LogP contribution in [0.5, 0.6) is 0 Å². The van der Waals surface area contributed by atoms with Crippen molar-refractivity contribution in [2.45, 2.75) is 24.7 Å². The van der Waals surface area contributed by atoms with Crippen molar-refractivity contribution in [1.29, 1.82) is 0 Å². The van der Waals surface area contributed by atoms with E-state index in [1.54, 1.807) is 30.5 Å². The van der Waals surface area contributed by atoms with E-state index in [0.717, 1.165) is 16.7 Å². The van der Waals surface area contributed by atoms with Gasteiger partial charge in [0.05, 0.1) is 24.3 Å². The maximum Gasteiger partial charge on any atom is 0.243 e. The average molecular weight is 416 g/mol. The number of hydrogen-bond acceptors (Lipinski definition) is 5. The molecule has 1 fully saturated rings. The third kappa shape index (κ3) is 5.96. The van der Waals surface area contributed by atoms with Gasteiger partial charge in [-0.25, -0.2) is 13.8 Å². The highest BCUT2D eigenvalue weighted by molar-refractivity contribution is 7.89. The fraction of sp³-hybridized carbons (Fsp3) is 0.333. The Balaban J connectivity index is 1.49. The van der Waals surface area contributed by atoms with E-state index in [1.165, 1.54) is 4.31 Å². The lowest BCUT2D eigenvalue weighted by Crippen LogP contribution is -2.40. The highest BCUT2D eigenvalue weighted by Gasteiger charge is 2.26. The van der Waals surface area contributed by atoms with Crippen LogP contribution in [0.1, 0.15) is 23.1 Å². The summed E-state index contributed by atoms with van der Waals surface area (Å²) in [6, 6.07) is 14.5. The number of ether oxygens (including phenoxy) is 1. The van der Waals surface area contributed by atoms with Gasteiger partial charge in [0.25, 0.3) is 0 Å². The molecule has 0 saturated carbocycles. The molecule has 0 unspecified atom stereocenters. The summed E-state index contributed by atoms with van der Waals surface area (Å²) in [4.78, 5) is 12.2. The largest absolute Gasteiger partial charge is 0.379 e. The van der Waals surface area contributed by atoms with Gasteiger partial charge in [0, 0.05) is 19.5 Å². The summed E-state index contributed by atoms with van der Waals surface area (Å²) in [5, 5.41) is 3.96. The normalized spacial score (nSPS) is 15.5. The Bertz CT molecular complexity index is 948. The summed E-state index contributed by atoms with van der Waals surface area (Å²) in [5.74, 6) is -0.196. The van der Waals surface area contributed by atoms with Gasteiger partial charge in [-0.15, -0.1) is 0 Å². The van der Waals surface area contributed by atoms with Gasteiger partial charge in [0.2, 0.25) is 15.9 Å². The molecule has 1 aliphatic heterocycles. The number of benzene rings is 2. The van der Waals surface area contributed by atoms with Gasteiger partial charge in [0.15, 0.2) is 0 Å². The van der Waals surface area contributed by atoms with Crippen LogP contribution in [0.15, 0.2) is 58.5 Å². The smallest absolute Gasteiger partial charge is 0.243 e. The quantitative estimate of drug-likeness (QED) is 0.554. The molecule has 2 aromatic carbocycles. The molecule has 2 aromatic rings. The molecule has 0 radical (unpaired) electrons. The Hall–Kier alpha value is -2.55. The van der Waals surface area contributed by atoms with E-state index in [1.807, 2.05) is 31.2 Å². The second kappa shape index (κ2) is 9.78. The first-order valence-electron chi connectivity index (χ1n) is 9.50. The first-order valence-corrected chi connectivity index (χ1v) is 10.9. The van der Waals surface area contributed by atoms with Crippen molar-refractivity contribution in [3.05, 3.63) is 65.2 Å². The van der Waals surface area contributed by atoms with Crippen LogP contribution in [0.4, 0.5) is 0 Å². The van der Waals surface area contributed by atoms with E-state index in [2.05, 4.69) is 10.5 Å². The van der Waals surface area contributed by atoms with Gasteiger partial charge < -0.3 is 4.74 Å². The molecule has 8 heteroatoms. The number of carbonyl (C=O) groups excluding carboxylic acids is 1. The van der Waals surface area contributed by atoms with Crippen molar-refractivity contribution in [1.82, 2.24) is 9.73 Å². The summed E-state index contributed by atoms with van der Waals surface area (Å²) in [6.07, 6.45) is 2.37. The third-order valence-corrected chi connectivity index (χ3v) is 6.57. The zero-order valence-electron chi connectivity index (χ0n) is 16.4. The number of nitrogens with zero attached hydrogens (tertiary/aromatic N) is 2. The third-order valence-electron chi connectivity index (χ3n) is 4.65. The van der Waals surface area contributed by atoms with Gasteiger partial charge in [0.1, 0.15) is 0 Å². The van der Waals surface area contributed by atoms with Crippen molar-refractivity contribution in [3.8, 4) is 0 Å². The van der Waals surface area contributed by atoms with E-state index < -0.39 is 10.0 Å². The molecule has 3 rings (SSSR count). The van der Waals surface area contributed by atoms with Crippen LogP contribution < -0.4 is 5.43 Å². The number of amides is 1. The van der Waals surface area contributed by atoms with E-state index in [4.69, 9.17) is 4.74 Å². The molecule has 0 aromatic heterocycles. The zero-order chi connectivity index (χ0) is 20.7. The van der Waals surface area contributed by atoms with Crippen LogP contribution in [0.2, 0.25) is 0 Å². The lowest BCUT2D eigenvalue weighted by Gasteiger charge is -2.26. The molecule has 1 heterocycles. The molecule has 1 saturated heterocycles. The maximum atomic E-state index is 12.6. The number of nitrogens with one attached hydrogen (secondary N) is 1. The van der Waals surface area contributed by atoms with Crippen molar-refractivity contribution < 1.29 is 17.9 Å². The number of rotatable bonds is 7. The standard InChI is InChI=1S/C21H25N3O4S/c1-17-2-4-19(5-3-17)16-22-23-21(25)11-8-18-6-9-20(10-7-18)29(26,27)24-12-14-28-15-13-24/h2-7,9-10,16H,8,11-15H2,1H3,(H,23,25)/b22-16+. The Morgan fingerprint density at radius 2 is 1.76 bits per heavy atom. The predicted octanol–water partition coefficient (Wildman–Crippen LogP) is 2.10. The minimum absolute atomic E-state index is 0.196. The lowest BCUT2D eigenvalue weighted by molar-refractivity contribution is -0.121. The number of morpholine rings is 1. The first-order chi connectivity index (χ1) is 13.9. The van der Waals surface area contributed by atoms with Crippen molar-refractivity contribution in [2.24, 2.45) is 5.10 Å². The predicted molar refractivity (Wildman–Crippen MR) is 111 cm³/mol. The van der Waals surface area contributed by atoms with Crippen LogP contribution in [0.25, 0.3) is 0 Å². The molecule has 7 nitrogen and oxygen atoms in total. The molecular formula is C21H25N3O4S. The zero-order valence-corrected chi connectivity index (χ0v) is 17.2. The van der Waals surface area contributed by atoms with E-state index in [-0.39, 0.29) is 17.2 Å². The molecule has 1 aliphatic rings. The average Bonchev–Trinajstić information content (AvgIpc) is 2.74. The number of aryl methyl sites for hydroxylation is 2. The summed E-state index contributed by atoms with van der Waals surface area (Å²) >= 11 is 0. The molecule has 0 aliphatic carbocycles. The Labute approximate surface area is 171 Å². The van der Waals surface area contributed by atoms with Crippen LogP contribution in [-0.2, 0) is 26.0 Å². The number of hydrogen-bond donors (Lipinski definition) is 1. The fourth-order valence-electron chi connectivity index (χ4n) is 2.91. The second-order valence-electron chi connectivity index (χ2n) is 6.86. The molecule has 1 amide bonds. The van der Waals surface area contributed by atoms with Crippen LogP contribution in [-0.4, -0.2) is 51.1 Å². The SMILES string of the molecule is Cc1ccc(/C=N/NC(=O)CCc2ccc(S(=O)(=O)N3CCOCC3)cc2)cc1. The van der Waals surface area contributed by atoms with E-state index >= 15 is 0 Å². The van der Waals surface area contributed by atoms with E-state index in [9.17, 15) is 13.2 Å². The van der Waals surface area contributed by atoms with Crippen molar-refractivity contribution >= 4 is 22.1 Å². The molecule has 0 atom stereocenters. The van der Waals surface area contributed by atoms with Gasteiger partial charge in [-0.3, -0.25) is 4.79 Å². The molecule has 29 heavy (non-hydrogen) atoms. The number of hydrazone groups is 1. The highest BCUT2D eigenvalue weighted by atomic mass is 32.2. The van der Waals surface area contributed by atoms with Crippen molar-refractivity contribution in [2.75, 3.05) is 26.3 Å². The molecule has 0 bridgehead atoms. The van der Waals surface area contributed by atoms with Gasteiger partial charge in [-0.1, -0.05) is 42.0 Å². The maximum absolute atomic E-state index is 12.6. The molecule has 0 spiro atoms. The summed E-state index contributed by atoms with van der Waals surface area (Å²) < 4.78 is 31.9. The molecular weight excluding hydrogens is 390 g/mol. The molecule has 1 N–H and O–H groups in total. The summed E-state index contributed by atoms with van der Waals surface area (Å²) in [7, 11) is -3.50. The van der Waals surface area contributed by atoms with Gasteiger partial charge >= 0.3 is 0 Å². The van der Waals surface area contributed by atoms with Gasteiger partial charge in [-0.2, -0.15) is 9.41 Å². The second-order valence-corrected chi connectivity index (χ2v) is 8.80. The first kappa shape index (κ1) is 21.2.